The zero-order valence-electron chi connectivity index (χ0n) is 13.7. The predicted octanol–water partition coefficient (Wildman–Crippen LogP) is 3.77. The zero-order chi connectivity index (χ0) is 16.9. The first-order chi connectivity index (χ1) is 10.9. The van der Waals surface area contributed by atoms with Gasteiger partial charge < -0.3 is 10.6 Å². The number of piperidine rings is 1. The monoisotopic (exact) mass is 364 g/mol. The lowest BCUT2D eigenvalue weighted by Gasteiger charge is -2.28. The van der Waals surface area contributed by atoms with Gasteiger partial charge in [0, 0.05) is 13.0 Å². The summed E-state index contributed by atoms with van der Waals surface area (Å²) < 4.78 is 37.4. The number of nitrogens with one attached hydrogen (secondary N) is 2. The highest BCUT2D eigenvalue weighted by molar-refractivity contribution is 5.85. The van der Waals surface area contributed by atoms with E-state index < -0.39 is 11.7 Å². The number of hydrogen-bond donors (Lipinski definition) is 2. The summed E-state index contributed by atoms with van der Waals surface area (Å²) in [6, 6.07) is 4.88. The standard InChI is InChI=1S/C17H23F3N2O.ClH/c1-12(14-3-2-8-21-11-14)9-16(23)22-10-13-4-6-15(7-5-13)17(18,19)20;/h4-7,12,14,21H,2-3,8-11H2,1H3,(H,22,23);1H. The highest BCUT2D eigenvalue weighted by Crippen LogP contribution is 2.29. The number of benzene rings is 1. The minimum absolute atomic E-state index is 0. The lowest BCUT2D eigenvalue weighted by atomic mass is 9.85. The van der Waals surface area contributed by atoms with Crippen LogP contribution in [0.4, 0.5) is 13.2 Å². The lowest BCUT2D eigenvalue weighted by Crippen LogP contribution is -2.35. The molecule has 0 saturated carbocycles. The van der Waals surface area contributed by atoms with Gasteiger partial charge in [0.25, 0.3) is 0 Å². The van der Waals surface area contributed by atoms with Crippen LogP contribution >= 0.6 is 12.4 Å². The molecule has 7 heteroatoms. The van der Waals surface area contributed by atoms with Crippen molar-refractivity contribution in [2.75, 3.05) is 13.1 Å². The molecule has 136 valence electrons. The van der Waals surface area contributed by atoms with Crippen molar-refractivity contribution in [1.82, 2.24) is 10.6 Å². The van der Waals surface area contributed by atoms with E-state index >= 15 is 0 Å². The summed E-state index contributed by atoms with van der Waals surface area (Å²) in [6.07, 6.45) is -1.60. The van der Waals surface area contributed by atoms with Crippen molar-refractivity contribution >= 4 is 18.3 Å². The van der Waals surface area contributed by atoms with E-state index in [2.05, 4.69) is 17.6 Å². The van der Waals surface area contributed by atoms with Crippen LogP contribution in [0.1, 0.15) is 37.3 Å². The molecule has 24 heavy (non-hydrogen) atoms. The Kier molecular flexibility index (Phi) is 8.03. The fourth-order valence-electron chi connectivity index (χ4n) is 2.91. The third kappa shape index (κ3) is 6.32. The van der Waals surface area contributed by atoms with Crippen molar-refractivity contribution < 1.29 is 18.0 Å². The summed E-state index contributed by atoms with van der Waals surface area (Å²) in [7, 11) is 0. The van der Waals surface area contributed by atoms with E-state index in [0.717, 1.165) is 38.1 Å². The number of alkyl halides is 3. The van der Waals surface area contributed by atoms with Gasteiger partial charge in [-0.2, -0.15) is 13.2 Å². The summed E-state index contributed by atoms with van der Waals surface area (Å²) >= 11 is 0. The van der Waals surface area contributed by atoms with Crippen LogP contribution in [-0.2, 0) is 17.5 Å². The van der Waals surface area contributed by atoms with E-state index in [-0.39, 0.29) is 24.9 Å². The smallest absolute Gasteiger partial charge is 0.352 e. The topological polar surface area (TPSA) is 41.1 Å². The molecular weight excluding hydrogens is 341 g/mol. The highest BCUT2D eigenvalue weighted by atomic mass is 35.5. The first-order valence-corrected chi connectivity index (χ1v) is 8.00. The van der Waals surface area contributed by atoms with Gasteiger partial charge in [0.2, 0.25) is 5.91 Å². The Morgan fingerprint density at radius 2 is 2.00 bits per heavy atom. The van der Waals surface area contributed by atoms with Gasteiger partial charge in [-0.3, -0.25) is 4.79 Å². The number of halogens is 4. The maximum absolute atomic E-state index is 12.5. The van der Waals surface area contributed by atoms with Crippen LogP contribution < -0.4 is 10.6 Å². The molecule has 1 amide bonds. The number of carbonyl (C=O) groups excluding carboxylic acids is 1. The maximum atomic E-state index is 12.5. The van der Waals surface area contributed by atoms with Crippen LogP contribution in [0, 0.1) is 11.8 Å². The molecule has 1 aliphatic heterocycles. The molecule has 2 rings (SSSR count). The molecule has 0 aliphatic carbocycles. The quantitative estimate of drug-likeness (QED) is 0.835. The second-order valence-corrected chi connectivity index (χ2v) is 6.26. The fourth-order valence-corrected chi connectivity index (χ4v) is 2.91. The minimum atomic E-state index is -4.33. The van der Waals surface area contributed by atoms with Gasteiger partial charge in [-0.25, -0.2) is 0 Å². The van der Waals surface area contributed by atoms with Gasteiger partial charge in [0.15, 0.2) is 0 Å². The summed E-state index contributed by atoms with van der Waals surface area (Å²) in [5, 5.41) is 6.13. The molecule has 1 aromatic carbocycles. The largest absolute Gasteiger partial charge is 0.416 e. The molecule has 2 N–H and O–H groups in total. The number of carbonyl (C=O) groups is 1. The lowest BCUT2D eigenvalue weighted by molar-refractivity contribution is -0.137. The third-order valence-electron chi connectivity index (χ3n) is 4.42. The van der Waals surface area contributed by atoms with E-state index in [4.69, 9.17) is 0 Å². The van der Waals surface area contributed by atoms with Crippen molar-refractivity contribution in [2.24, 2.45) is 11.8 Å². The molecule has 0 bridgehead atoms. The molecule has 1 saturated heterocycles. The van der Waals surface area contributed by atoms with Crippen molar-refractivity contribution in [3.05, 3.63) is 35.4 Å². The van der Waals surface area contributed by atoms with Crippen LogP contribution in [0.15, 0.2) is 24.3 Å². The van der Waals surface area contributed by atoms with E-state index in [9.17, 15) is 18.0 Å². The van der Waals surface area contributed by atoms with Gasteiger partial charge in [-0.15, -0.1) is 12.4 Å². The Hall–Kier alpha value is -1.27. The van der Waals surface area contributed by atoms with E-state index in [1.807, 2.05) is 0 Å². The van der Waals surface area contributed by atoms with E-state index in [1.165, 1.54) is 12.1 Å². The minimum Gasteiger partial charge on any atom is -0.352 e. The normalized spacial score (nSPS) is 19.2. The zero-order valence-corrected chi connectivity index (χ0v) is 14.5. The highest BCUT2D eigenvalue weighted by Gasteiger charge is 2.29. The molecular formula is C17H24ClF3N2O. The Balaban J connectivity index is 0.00000288. The second kappa shape index (κ2) is 9.28. The summed E-state index contributed by atoms with van der Waals surface area (Å²) in [5.74, 6) is 0.763. The molecule has 2 atom stereocenters. The van der Waals surface area contributed by atoms with Crippen LogP contribution in [0.25, 0.3) is 0 Å². The van der Waals surface area contributed by atoms with Gasteiger partial charge in [0.1, 0.15) is 0 Å². The molecule has 1 aromatic rings. The maximum Gasteiger partial charge on any atom is 0.416 e. The van der Waals surface area contributed by atoms with Gasteiger partial charge in [-0.1, -0.05) is 19.1 Å². The molecule has 0 radical (unpaired) electrons. The number of hydrogen-bond acceptors (Lipinski definition) is 2. The number of amides is 1. The van der Waals surface area contributed by atoms with Crippen molar-refractivity contribution in [2.45, 2.75) is 38.9 Å². The Labute approximate surface area is 146 Å². The Morgan fingerprint density at radius 3 is 2.54 bits per heavy atom. The molecule has 1 fully saturated rings. The summed E-state index contributed by atoms with van der Waals surface area (Å²) in [4.78, 5) is 12.0. The van der Waals surface area contributed by atoms with Crippen molar-refractivity contribution in [1.29, 1.82) is 0 Å². The third-order valence-corrected chi connectivity index (χ3v) is 4.42. The van der Waals surface area contributed by atoms with Crippen molar-refractivity contribution in [3.63, 3.8) is 0 Å². The fraction of sp³-hybridized carbons (Fsp3) is 0.588. The Bertz CT molecular complexity index is 514. The SMILES string of the molecule is CC(CC(=O)NCc1ccc(C(F)(F)F)cc1)C1CCCNC1.Cl. The first kappa shape index (κ1) is 20.8. The average molecular weight is 365 g/mol. The summed E-state index contributed by atoms with van der Waals surface area (Å²) in [6.45, 7) is 4.33. The van der Waals surface area contributed by atoms with Crippen molar-refractivity contribution in [3.8, 4) is 0 Å². The number of rotatable bonds is 5. The molecule has 3 nitrogen and oxygen atoms in total. The van der Waals surface area contributed by atoms with Crippen LogP contribution in [-0.4, -0.2) is 19.0 Å². The van der Waals surface area contributed by atoms with Crippen LogP contribution in [0.2, 0.25) is 0 Å². The van der Waals surface area contributed by atoms with Gasteiger partial charge >= 0.3 is 6.18 Å². The van der Waals surface area contributed by atoms with Gasteiger partial charge in [-0.05, 0) is 55.5 Å². The molecule has 1 heterocycles. The summed E-state index contributed by atoms with van der Waals surface area (Å²) in [5.41, 5.74) is -0.00988. The second-order valence-electron chi connectivity index (χ2n) is 6.26. The molecule has 0 aromatic heterocycles. The first-order valence-electron chi connectivity index (χ1n) is 8.00. The van der Waals surface area contributed by atoms with Gasteiger partial charge in [0.05, 0.1) is 5.56 Å². The molecule has 0 spiro atoms. The van der Waals surface area contributed by atoms with E-state index in [1.54, 1.807) is 0 Å². The Morgan fingerprint density at radius 1 is 1.33 bits per heavy atom. The average Bonchev–Trinajstić information content (AvgIpc) is 2.53. The van der Waals surface area contributed by atoms with Crippen LogP contribution in [0.3, 0.4) is 0 Å². The molecule has 1 aliphatic rings. The molecule has 2 unspecified atom stereocenters. The predicted molar refractivity (Wildman–Crippen MR) is 89.9 cm³/mol. The van der Waals surface area contributed by atoms with E-state index in [0.29, 0.717) is 23.8 Å². The van der Waals surface area contributed by atoms with Crippen LogP contribution in [0.5, 0.6) is 0 Å².